The summed E-state index contributed by atoms with van der Waals surface area (Å²) in [7, 11) is -7.55. The number of benzene rings is 1. The second kappa shape index (κ2) is 7.82. The van der Waals surface area contributed by atoms with Gasteiger partial charge in [-0.1, -0.05) is 11.6 Å². The molecule has 28 heavy (non-hydrogen) atoms. The summed E-state index contributed by atoms with van der Waals surface area (Å²) < 4.78 is 69.1. The number of sulfone groups is 1. The lowest BCUT2D eigenvalue weighted by molar-refractivity contribution is -0.133. The molecular weight excluding hydrogens is 435 g/mol. The third-order valence-electron chi connectivity index (χ3n) is 4.25. The maximum Gasteiger partial charge on any atom is 0.241 e. The number of sulfonamides is 1. The fourth-order valence-electron chi connectivity index (χ4n) is 2.58. The first kappa shape index (κ1) is 20.8. The van der Waals surface area contributed by atoms with Crippen LogP contribution in [0.25, 0.3) is 0 Å². The van der Waals surface area contributed by atoms with Crippen LogP contribution in [0.1, 0.15) is 5.76 Å². The minimum atomic E-state index is -4.07. The normalized spacial score (nSPS) is 15.4. The van der Waals surface area contributed by atoms with Crippen LogP contribution in [-0.4, -0.2) is 52.5 Å². The Hall–Kier alpha value is -1.95. The van der Waals surface area contributed by atoms with Crippen LogP contribution in [0.4, 0.5) is 4.39 Å². The van der Waals surface area contributed by atoms with Crippen molar-refractivity contribution in [1.29, 1.82) is 0 Å². The largest absolute Gasteiger partial charge is 0.468 e. The van der Waals surface area contributed by atoms with E-state index < -0.39 is 43.4 Å². The molecule has 0 spiro atoms. The monoisotopic (exact) mass is 450 g/mol. The molecule has 0 unspecified atom stereocenters. The summed E-state index contributed by atoms with van der Waals surface area (Å²) in [5, 5.41) is -1.09. The summed E-state index contributed by atoms with van der Waals surface area (Å²) in [5.74, 6) is -1.28. The number of nitrogens with one attached hydrogen (secondary N) is 1. The second-order valence-electron chi connectivity index (χ2n) is 6.21. The fourth-order valence-corrected chi connectivity index (χ4v) is 5.43. The Morgan fingerprint density at radius 1 is 1.25 bits per heavy atom. The van der Waals surface area contributed by atoms with Crippen LogP contribution < -0.4 is 4.72 Å². The Balaban J connectivity index is 1.53. The van der Waals surface area contributed by atoms with E-state index >= 15 is 0 Å². The third kappa shape index (κ3) is 4.54. The number of hydrogen-bond acceptors (Lipinski definition) is 6. The van der Waals surface area contributed by atoms with Gasteiger partial charge in [0.05, 0.1) is 28.0 Å². The second-order valence-corrected chi connectivity index (χ2v) is 10.7. The van der Waals surface area contributed by atoms with Crippen molar-refractivity contribution >= 4 is 37.4 Å². The molecule has 12 heteroatoms. The Morgan fingerprint density at radius 2 is 1.96 bits per heavy atom. The predicted molar refractivity (Wildman–Crippen MR) is 98.3 cm³/mol. The highest BCUT2D eigenvalue weighted by atomic mass is 35.5. The highest BCUT2D eigenvalue weighted by Gasteiger charge is 2.40. The third-order valence-corrected chi connectivity index (χ3v) is 7.94. The Labute approximate surface area is 166 Å². The molecule has 1 aromatic heterocycles. The number of rotatable bonds is 7. The summed E-state index contributed by atoms with van der Waals surface area (Å²) >= 11 is 5.57. The van der Waals surface area contributed by atoms with Crippen molar-refractivity contribution in [2.24, 2.45) is 0 Å². The van der Waals surface area contributed by atoms with Gasteiger partial charge in [-0.2, -0.15) is 0 Å². The predicted octanol–water partition coefficient (Wildman–Crippen LogP) is 1.18. The first-order valence-electron chi connectivity index (χ1n) is 8.05. The zero-order valence-electron chi connectivity index (χ0n) is 14.3. The van der Waals surface area contributed by atoms with Crippen molar-refractivity contribution in [2.75, 3.05) is 19.6 Å². The molecule has 1 aliphatic heterocycles. The maximum atomic E-state index is 13.1. The Morgan fingerprint density at radius 3 is 2.57 bits per heavy atom. The quantitative estimate of drug-likeness (QED) is 0.677. The van der Waals surface area contributed by atoms with Gasteiger partial charge in [0, 0.05) is 13.1 Å². The van der Waals surface area contributed by atoms with Crippen LogP contribution in [0.2, 0.25) is 5.02 Å². The molecule has 1 saturated heterocycles. The topological polar surface area (TPSA) is 114 Å². The molecule has 1 amide bonds. The van der Waals surface area contributed by atoms with Gasteiger partial charge in [0.25, 0.3) is 0 Å². The summed E-state index contributed by atoms with van der Waals surface area (Å²) in [6.07, 6.45) is 1.38. The van der Waals surface area contributed by atoms with Crippen molar-refractivity contribution in [2.45, 2.75) is 15.9 Å². The van der Waals surface area contributed by atoms with Crippen molar-refractivity contribution in [1.82, 2.24) is 9.62 Å². The molecule has 1 fully saturated rings. The molecule has 0 atom stereocenters. The molecule has 0 bridgehead atoms. The van der Waals surface area contributed by atoms with Gasteiger partial charge in [0.2, 0.25) is 15.9 Å². The van der Waals surface area contributed by atoms with Gasteiger partial charge in [0.1, 0.15) is 17.3 Å². The maximum absolute atomic E-state index is 13.1. The molecule has 2 heterocycles. The lowest BCUT2D eigenvalue weighted by Crippen LogP contribution is -2.58. The molecule has 0 aliphatic carbocycles. The van der Waals surface area contributed by atoms with E-state index in [4.69, 9.17) is 16.0 Å². The van der Waals surface area contributed by atoms with Crippen LogP contribution in [0.15, 0.2) is 45.9 Å². The molecule has 0 saturated carbocycles. The standard InChI is InChI=1S/C16H16ClFN2O6S2/c17-14-6-12(3-4-15(14)18)28(24,25)19-7-16(21)20-8-13(9-20)27(22,23)10-11-2-1-5-26-11/h1-6,13,19H,7-10H2. The lowest BCUT2D eigenvalue weighted by atomic mass is 10.2. The number of carbonyl (C=O) groups is 1. The van der Waals surface area contributed by atoms with E-state index in [-0.39, 0.29) is 28.8 Å². The molecular formula is C16H16ClFN2O6S2. The van der Waals surface area contributed by atoms with Crippen molar-refractivity contribution in [3.63, 3.8) is 0 Å². The first-order valence-corrected chi connectivity index (χ1v) is 11.6. The summed E-state index contributed by atoms with van der Waals surface area (Å²) in [6, 6.07) is 6.00. The Bertz CT molecular complexity index is 1080. The van der Waals surface area contributed by atoms with E-state index in [1.165, 1.54) is 11.2 Å². The van der Waals surface area contributed by atoms with Crippen molar-refractivity contribution in [3.05, 3.63) is 53.2 Å². The molecule has 1 aliphatic rings. The molecule has 0 radical (unpaired) electrons. The SMILES string of the molecule is O=C(CNS(=O)(=O)c1ccc(F)c(Cl)c1)N1CC(S(=O)(=O)Cc2ccco2)C1. The number of nitrogens with zero attached hydrogens (tertiary/aromatic N) is 1. The van der Waals surface area contributed by atoms with Gasteiger partial charge in [-0.25, -0.2) is 25.9 Å². The van der Waals surface area contributed by atoms with E-state index in [2.05, 4.69) is 4.72 Å². The summed E-state index contributed by atoms with van der Waals surface area (Å²) in [4.78, 5) is 13.1. The molecule has 152 valence electrons. The number of halogens is 2. The van der Waals surface area contributed by atoms with Crippen molar-refractivity contribution in [3.8, 4) is 0 Å². The van der Waals surface area contributed by atoms with E-state index in [1.54, 1.807) is 12.1 Å². The average Bonchev–Trinajstić information content (AvgIpc) is 3.06. The lowest BCUT2D eigenvalue weighted by Gasteiger charge is -2.38. The molecule has 1 N–H and O–H groups in total. The highest BCUT2D eigenvalue weighted by Crippen LogP contribution is 2.22. The van der Waals surface area contributed by atoms with Gasteiger partial charge < -0.3 is 9.32 Å². The van der Waals surface area contributed by atoms with E-state index in [0.717, 1.165) is 18.2 Å². The minimum Gasteiger partial charge on any atom is -0.468 e. The fraction of sp³-hybridized carbons (Fsp3) is 0.312. The van der Waals surface area contributed by atoms with Gasteiger partial charge in [-0.3, -0.25) is 4.79 Å². The molecule has 2 aromatic rings. The average molecular weight is 451 g/mol. The first-order chi connectivity index (χ1) is 13.1. The van der Waals surface area contributed by atoms with Gasteiger partial charge >= 0.3 is 0 Å². The number of likely N-dealkylation sites (tertiary alicyclic amines) is 1. The van der Waals surface area contributed by atoms with Gasteiger partial charge in [0.15, 0.2) is 9.84 Å². The molecule has 8 nitrogen and oxygen atoms in total. The summed E-state index contributed by atoms with van der Waals surface area (Å²) in [6.45, 7) is -0.597. The minimum absolute atomic E-state index is 0.0218. The van der Waals surface area contributed by atoms with Gasteiger partial charge in [-0.15, -0.1) is 0 Å². The van der Waals surface area contributed by atoms with Crippen LogP contribution in [-0.2, 0) is 30.4 Å². The Kier molecular flexibility index (Phi) is 5.80. The van der Waals surface area contributed by atoms with Gasteiger partial charge in [-0.05, 0) is 30.3 Å². The van der Waals surface area contributed by atoms with Crippen LogP contribution in [0.3, 0.4) is 0 Å². The molecule has 3 rings (SSSR count). The molecule has 1 aromatic carbocycles. The van der Waals surface area contributed by atoms with E-state index in [0.29, 0.717) is 5.76 Å². The van der Waals surface area contributed by atoms with Crippen LogP contribution in [0, 0.1) is 5.82 Å². The van der Waals surface area contributed by atoms with E-state index in [1.807, 2.05) is 0 Å². The zero-order valence-corrected chi connectivity index (χ0v) is 16.7. The van der Waals surface area contributed by atoms with Crippen molar-refractivity contribution < 1.29 is 30.4 Å². The summed E-state index contributed by atoms with van der Waals surface area (Å²) in [5.41, 5.74) is 0. The highest BCUT2D eigenvalue weighted by molar-refractivity contribution is 7.91. The van der Waals surface area contributed by atoms with E-state index in [9.17, 15) is 26.0 Å². The number of hydrogen-bond donors (Lipinski definition) is 1. The zero-order chi connectivity index (χ0) is 20.5. The van der Waals surface area contributed by atoms with Crippen LogP contribution >= 0.6 is 11.6 Å². The number of carbonyl (C=O) groups excluding carboxylic acids is 1. The number of amides is 1. The smallest absolute Gasteiger partial charge is 0.241 e. The number of furan rings is 1. The van der Waals surface area contributed by atoms with Crippen LogP contribution in [0.5, 0.6) is 0 Å².